The van der Waals surface area contributed by atoms with Crippen molar-refractivity contribution in [2.75, 3.05) is 40.4 Å². The van der Waals surface area contributed by atoms with E-state index in [2.05, 4.69) is 87.8 Å². The summed E-state index contributed by atoms with van der Waals surface area (Å²) >= 11 is 0. The fourth-order valence-electron chi connectivity index (χ4n) is 6.67. The van der Waals surface area contributed by atoms with Crippen molar-refractivity contribution in [1.82, 2.24) is 24.7 Å². The predicted octanol–water partition coefficient (Wildman–Crippen LogP) is 5.23. The second-order valence-corrected chi connectivity index (χ2v) is 11.0. The minimum absolute atomic E-state index is 0.201. The van der Waals surface area contributed by atoms with Crippen LogP contribution in [0.3, 0.4) is 0 Å². The SMILES string of the molecule is CC/C=C\C1=C(/C=C(\C)OC)CN2C(=C=O)N(CC)C3(CCN(Cc4cccc5nccnc45)CC3)C2=CC1C.CO. The number of methoxy groups -OCH3 is 1. The predicted molar refractivity (Wildman–Crippen MR) is 168 cm³/mol. The van der Waals surface area contributed by atoms with Gasteiger partial charge in [0.1, 0.15) is 0 Å². The highest BCUT2D eigenvalue weighted by Gasteiger charge is 2.53. The Bertz CT molecular complexity index is 1420. The lowest BCUT2D eigenvalue weighted by Gasteiger charge is -2.45. The van der Waals surface area contributed by atoms with Crippen LogP contribution >= 0.6 is 0 Å². The fourth-order valence-corrected chi connectivity index (χ4v) is 6.67. The number of ether oxygens (including phenoxy) is 1. The van der Waals surface area contributed by atoms with Crippen LogP contribution in [0, 0.1) is 5.92 Å². The van der Waals surface area contributed by atoms with Gasteiger partial charge in [0, 0.05) is 57.3 Å². The summed E-state index contributed by atoms with van der Waals surface area (Å²) in [5, 5.41) is 7.00. The molecule has 5 rings (SSSR count). The molecule has 1 N–H and O–H groups in total. The van der Waals surface area contributed by atoms with E-state index in [1.165, 1.54) is 22.4 Å². The first-order valence-electron chi connectivity index (χ1n) is 15.0. The average molecular weight is 572 g/mol. The number of likely N-dealkylation sites (N-methyl/N-ethyl adjacent to an activating group) is 1. The van der Waals surface area contributed by atoms with E-state index in [1.807, 2.05) is 13.0 Å². The third-order valence-corrected chi connectivity index (χ3v) is 8.69. The number of aliphatic hydroxyl groups excluding tert-OH is 1. The Kier molecular flexibility index (Phi) is 10.4. The van der Waals surface area contributed by atoms with E-state index < -0.39 is 0 Å². The van der Waals surface area contributed by atoms with Crippen LogP contribution in [0.15, 0.2) is 83.3 Å². The van der Waals surface area contributed by atoms with E-state index >= 15 is 0 Å². The zero-order chi connectivity index (χ0) is 30.3. The molecule has 1 spiro atoms. The van der Waals surface area contributed by atoms with Crippen molar-refractivity contribution in [3.05, 3.63) is 88.9 Å². The number of aliphatic hydroxyl groups is 1. The van der Waals surface area contributed by atoms with Gasteiger partial charge >= 0.3 is 0 Å². The lowest BCUT2D eigenvalue weighted by Crippen LogP contribution is -2.52. The number of likely N-dealkylation sites (tertiary alicyclic amines) is 1. The van der Waals surface area contributed by atoms with Gasteiger partial charge in [-0.2, -0.15) is 0 Å². The minimum Gasteiger partial charge on any atom is -0.501 e. The van der Waals surface area contributed by atoms with E-state index in [9.17, 15) is 4.79 Å². The van der Waals surface area contributed by atoms with Crippen LogP contribution in [0.25, 0.3) is 11.0 Å². The Labute approximate surface area is 250 Å². The lowest BCUT2D eigenvalue weighted by molar-refractivity contribution is 0.0896. The van der Waals surface area contributed by atoms with E-state index in [0.717, 1.165) is 69.3 Å². The molecule has 8 heteroatoms. The summed E-state index contributed by atoms with van der Waals surface area (Å²) in [5.74, 6) is 4.06. The number of aromatic nitrogens is 2. The maximum atomic E-state index is 12.6. The molecule has 0 radical (unpaired) electrons. The largest absolute Gasteiger partial charge is 0.501 e. The molecule has 2 saturated heterocycles. The second kappa shape index (κ2) is 14.0. The van der Waals surface area contributed by atoms with Crippen LogP contribution in [-0.4, -0.2) is 81.7 Å². The van der Waals surface area contributed by atoms with Crippen molar-refractivity contribution in [3.8, 4) is 0 Å². The molecule has 0 bridgehead atoms. The molecule has 3 aliphatic heterocycles. The molecule has 1 aromatic heterocycles. The van der Waals surface area contributed by atoms with Crippen LogP contribution in [-0.2, 0) is 16.1 Å². The third-order valence-electron chi connectivity index (χ3n) is 8.69. The summed E-state index contributed by atoms with van der Waals surface area (Å²) in [6.07, 6.45) is 15.4. The molecule has 8 nitrogen and oxygen atoms in total. The fraction of sp³-hybridized carbons (Fsp3) is 0.471. The highest BCUT2D eigenvalue weighted by Crippen LogP contribution is 2.49. The van der Waals surface area contributed by atoms with Gasteiger partial charge in [-0.25, -0.2) is 4.79 Å². The van der Waals surface area contributed by atoms with Crippen LogP contribution in [0.1, 0.15) is 52.5 Å². The number of hydrogen-bond acceptors (Lipinski definition) is 8. The molecule has 4 heterocycles. The molecule has 3 aliphatic rings. The van der Waals surface area contributed by atoms with Gasteiger partial charge in [0.25, 0.3) is 0 Å². The molecule has 1 aromatic carbocycles. The van der Waals surface area contributed by atoms with E-state index in [-0.39, 0.29) is 11.5 Å². The number of benzene rings is 1. The standard InChI is InChI=1S/C33H41N5O2.CH4O/c1-6-8-11-28-24(3)19-30-33(38(7-2)31(23-39)37(30)22-27(28)20-25(4)40-5)13-17-36(18-14-33)21-26-10-9-12-29-32(26)35-16-15-34-29;1-2/h8-12,15-16,19-20,24H,6-7,13-14,17-18,21-22H2,1-5H3;2H,1H3/b11-8-,25-20+;. The van der Waals surface area contributed by atoms with Crippen LogP contribution < -0.4 is 0 Å². The topological polar surface area (TPSA) is 82.0 Å². The molecular formula is C34H45N5O3. The number of allylic oxidation sites excluding steroid dienone is 5. The number of carbonyl (C=O) groups excluding carboxylic acids is 1. The van der Waals surface area contributed by atoms with E-state index in [4.69, 9.17) is 9.84 Å². The number of fused-ring (bicyclic) bond motifs is 3. The molecule has 0 amide bonds. The molecule has 0 saturated carbocycles. The van der Waals surface area contributed by atoms with Gasteiger partial charge in [-0.05, 0) is 62.0 Å². The zero-order valence-corrected chi connectivity index (χ0v) is 25.9. The van der Waals surface area contributed by atoms with Crippen molar-refractivity contribution in [2.45, 2.75) is 59.0 Å². The van der Waals surface area contributed by atoms with Crippen molar-refractivity contribution in [1.29, 1.82) is 0 Å². The third kappa shape index (κ3) is 5.93. The number of nitrogens with zero attached hydrogens (tertiary/aromatic N) is 5. The van der Waals surface area contributed by atoms with Gasteiger partial charge in [-0.1, -0.05) is 44.2 Å². The number of piperidine rings is 1. The maximum absolute atomic E-state index is 12.6. The normalized spacial score (nSPS) is 20.8. The molecule has 224 valence electrons. The molecular weight excluding hydrogens is 526 g/mol. The Morgan fingerprint density at radius 2 is 1.93 bits per heavy atom. The summed E-state index contributed by atoms with van der Waals surface area (Å²) in [5.41, 5.74) is 6.60. The molecule has 2 fully saturated rings. The average Bonchev–Trinajstić information content (AvgIpc) is 3.16. The zero-order valence-electron chi connectivity index (χ0n) is 25.9. The first-order chi connectivity index (χ1) is 20.4. The Morgan fingerprint density at radius 1 is 1.19 bits per heavy atom. The molecule has 1 unspecified atom stereocenters. The first-order valence-corrected chi connectivity index (χ1v) is 15.0. The molecule has 0 aliphatic carbocycles. The van der Waals surface area contributed by atoms with Crippen molar-refractivity contribution >= 4 is 17.0 Å². The van der Waals surface area contributed by atoms with Gasteiger partial charge in [0.2, 0.25) is 0 Å². The van der Waals surface area contributed by atoms with E-state index in [1.54, 1.807) is 19.5 Å². The van der Waals surface area contributed by atoms with Gasteiger partial charge in [-0.3, -0.25) is 14.9 Å². The van der Waals surface area contributed by atoms with Crippen LogP contribution in [0.4, 0.5) is 0 Å². The quantitative estimate of drug-likeness (QED) is 0.358. The summed E-state index contributed by atoms with van der Waals surface area (Å²) in [6, 6.07) is 6.25. The van der Waals surface area contributed by atoms with Crippen molar-refractivity contribution in [2.24, 2.45) is 5.92 Å². The highest BCUT2D eigenvalue weighted by molar-refractivity contribution is 5.77. The summed E-state index contributed by atoms with van der Waals surface area (Å²) in [6.45, 7) is 12.7. The molecule has 2 aromatic rings. The summed E-state index contributed by atoms with van der Waals surface area (Å²) in [4.78, 5) is 28.7. The van der Waals surface area contributed by atoms with Crippen molar-refractivity contribution < 1.29 is 14.6 Å². The number of hydrogen-bond donors (Lipinski definition) is 1. The van der Waals surface area contributed by atoms with Crippen LogP contribution in [0.2, 0.25) is 0 Å². The van der Waals surface area contributed by atoms with Gasteiger partial charge < -0.3 is 19.6 Å². The summed E-state index contributed by atoms with van der Waals surface area (Å²) in [7, 11) is 2.71. The minimum atomic E-state index is -0.222. The van der Waals surface area contributed by atoms with Crippen LogP contribution in [0.5, 0.6) is 0 Å². The maximum Gasteiger partial charge on any atom is 0.197 e. The van der Waals surface area contributed by atoms with E-state index in [0.29, 0.717) is 12.4 Å². The Hall–Kier alpha value is -3.71. The van der Waals surface area contributed by atoms with Gasteiger partial charge in [0.15, 0.2) is 11.8 Å². The Morgan fingerprint density at radius 3 is 2.60 bits per heavy atom. The monoisotopic (exact) mass is 571 g/mol. The second-order valence-electron chi connectivity index (χ2n) is 11.0. The smallest absolute Gasteiger partial charge is 0.197 e. The Balaban J connectivity index is 0.00000198. The number of para-hydroxylation sites is 1. The van der Waals surface area contributed by atoms with Gasteiger partial charge in [-0.15, -0.1) is 0 Å². The first kappa shape index (κ1) is 31.2. The lowest BCUT2D eigenvalue weighted by atomic mass is 9.81. The highest BCUT2D eigenvalue weighted by atomic mass is 16.5. The number of rotatable bonds is 7. The van der Waals surface area contributed by atoms with Gasteiger partial charge in [0.05, 0.1) is 36.0 Å². The summed E-state index contributed by atoms with van der Waals surface area (Å²) < 4.78 is 5.54. The molecule has 42 heavy (non-hydrogen) atoms. The van der Waals surface area contributed by atoms with Crippen molar-refractivity contribution in [3.63, 3.8) is 0 Å². The molecule has 1 atom stereocenters.